The van der Waals surface area contributed by atoms with Crippen LogP contribution in [0.4, 0.5) is 5.13 Å². The van der Waals surface area contributed by atoms with Crippen molar-refractivity contribution in [3.05, 3.63) is 70.3 Å². The van der Waals surface area contributed by atoms with Crippen LogP contribution >= 0.6 is 11.3 Å². The molecule has 152 valence electrons. The van der Waals surface area contributed by atoms with E-state index in [0.717, 1.165) is 33.6 Å². The topological polar surface area (TPSA) is 101 Å². The molecule has 0 fully saturated rings. The van der Waals surface area contributed by atoms with Crippen LogP contribution in [0.3, 0.4) is 0 Å². The van der Waals surface area contributed by atoms with E-state index in [1.54, 1.807) is 19.1 Å². The highest BCUT2D eigenvalue weighted by molar-refractivity contribution is 7.91. The first kappa shape index (κ1) is 21.1. The molecule has 0 aliphatic carbocycles. The van der Waals surface area contributed by atoms with Crippen LogP contribution in [0.15, 0.2) is 46.8 Å². The molecule has 0 spiro atoms. The number of hydrogen-bond acceptors (Lipinski definition) is 6. The molecule has 0 saturated carbocycles. The number of benzene rings is 2. The summed E-state index contributed by atoms with van der Waals surface area (Å²) in [5.74, 6) is -0.373. The van der Waals surface area contributed by atoms with E-state index in [-0.39, 0.29) is 15.4 Å². The second-order valence-electron chi connectivity index (χ2n) is 6.90. The molecule has 0 saturated heterocycles. The van der Waals surface area contributed by atoms with E-state index < -0.39 is 16.1 Å². The van der Waals surface area contributed by atoms with Gasteiger partial charge in [-0.15, -0.1) is 10.2 Å². The second kappa shape index (κ2) is 8.40. The summed E-state index contributed by atoms with van der Waals surface area (Å²) in [6, 6.07) is 12.5. The molecule has 1 aromatic heterocycles. The number of rotatable bonds is 6. The number of hydrogen-bond donors (Lipinski definition) is 2. The summed E-state index contributed by atoms with van der Waals surface area (Å²) >= 11 is 0.806. The van der Waals surface area contributed by atoms with Gasteiger partial charge in [0.15, 0.2) is 0 Å². The molecular formula is C20H22N4O3S2. The Morgan fingerprint density at radius 2 is 1.66 bits per heavy atom. The fraction of sp³-hybridized carbons (Fsp3) is 0.250. The monoisotopic (exact) mass is 430 g/mol. The predicted molar refractivity (Wildman–Crippen MR) is 114 cm³/mol. The van der Waals surface area contributed by atoms with Crippen molar-refractivity contribution in [3.8, 4) is 0 Å². The molecule has 1 heterocycles. The average Bonchev–Trinajstić information content (AvgIpc) is 3.13. The Labute approximate surface area is 174 Å². The molecule has 2 N–H and O–H groups in total. The van der Waals surface area contributed by atoms with Crippen molar-refractivity contribution in [2.75, 3.05) is 5.32 Å². The summed E-state index contributed by atoms with van der Waals surface area (Å²) in [5, 5.41) is 10.2. The van der Waals surface area contributed by atoms with Gasteiger partial charge in [0, 0.05) is 11.6 Å². The van der Waals surface area contributed by atoms with E-state index in [4.69, 9.17) is 0 Å². The molecule has 3 rings (SSSR count). The Morgan fingerprint density at radius 3 is 2.34 bits per heavy atom. The standard InChI is InChI=1S/C20H22N4O3S2/c1-12-6-9-16(10-7-12)18(25)21-19-22-23-20(28-19)29(26,27)24-15(4)17-11-13(2)5-8-14(17)3/h5-11,15,24H,1-4H3,(H,21,22,25). The Morgan fingerprint density at radius 1 is 1.00 bits per heavy atom. The lowest BCUT2D eigenvalue weighted by atomic mass is 10.0. The largest absolute Gasteiger partial charge is 0.296 e. The maximum atomic E-state index is 12.7. The number of anilines is 1. The van der Waals surface area contributed by atoms with Crippen molar-refractivity contribution in [1.82, 2.24) is 14.9 Å². The third-order valence-electron chi connectivity index (χ3n) is 4.40. The van der Waals surface area contributed by atoms with Crippen molar-refractivity contribution < 1.29 is 13.2 Å². The minimum Gasteiger partial charge on any atom is -0.296 e. The third-order valence-corrected chi connectivity index (χ3v) is 7.15. The SMILES string of the molecule is Cc1ccc(C(=O)Nc2nnc(S(=O)(=O)NC(C)c3cc(C)ccc3C)s2)cc1. The number of nitrogens with one attached hydrogen (secondary N) is 2. The van der Waals surface area contributed by atoms with Crippen LogP contribution in [-0.4, -0.2) is 24.5 Å². The number of nitrogens with zero attached hydrogens (tertiary/aromatic N) is 2. The zero-order chi connectivity index (χ0) is 21.2. The summed E-state index contributed by atoms with van der Waals surface area (Å²) in [6.45, 7) is 7.59. The fourth-order valence-electron chi connectivity index (χ4n) is 2.82. The molecule has 1 atom stereocenters. The van der Waals surface area contributed by atoms with Crippen LogP contribution in [0, 0.1) is 20.8 Å². The van der Waals surface area contributed by atoms with Gasteiger partial charge in [-0.25, -0.2) is 13.1 Å². The molecule has 0 aliphatic heterocycles. The van der Waals surface area contributed by atoms with Gasteiger partial charge >= 0.3 is 0 Å². The lowest BCUT2D eigenvalue weighted by molar-refractivity contribution is 0.102. The smallest absolute Gasteiger partial charge is 0.270 e. The van der Waals surface area contributed by atoms with Gasteiger partial charge in [-0.3, -0.25) is 10.1 Å². The molecule has 7 nitrogen and oxygen atoms in total. The Bertz CT molecular complexity index is 1140. The Balaban J connectivity index is 1.73. The molecule has 9 heteroatoms. The van der Waals surface area contributed by atoms with E-state index in [1.165, 1.54) is 0 Å². The Hall–Kier alpha value is -2.62. The van der Waals surface area contributed by atoms with Gasteiger partial charge in [-0.05, 0) is 51.0 Å². The molecule has 1 amide bonds. The Kier molecular flexibility index (Phi) is 6.11. The fourth-order valence-corrected chi connectivity index (χ4v) is 4.95. The quantitative estimate of drug-likeness (QED) is 0.580. The molecular weight excluding hydrogens is 408 g/mol. The number of carbonyl (C=O) groups excluding carboxylic acids is 1. The van der Waals surface area contributed by atoms with E-state index in [0.29, 0.717) is 5.56 Å². The molecule has 1 unspecified atom stereocenters. The number of amides is 1. The van der Waals surface area contributed by atoms with Gasteiger partial charge in [-0.2, -0.15) is 0 Å². The number of aromatic nitrogens is 2. The van der Waals surface area contributed by atoms with E-state index in [9.17, 15) is 13.2 Å². The predicted octanol–water partition coefficient (Wildman–Crippen LogP) is 3.76. The summed E-state index contributed by atoms with van der Waals surface area (Å²) in [7, 11) is -3.88. The number of carbonyl (C=O) groups is 1. The van der Waals surface area contributed by atoms with Crippen LogP contribution in [0.1, 0.15) is 45.6 Å². The van der Waals surface area contributed by atoms with Gasteiger partial charge in [0.25, 0.3) is 15.9 Å². The average molecular weight is 431 g/mol. The van der Waals surface area contributed by atoms with Gasteiger partial charge in [0.2, 0.25) is 9.47 Å². The summed E-state index contributed by atoms with van der Waals surface area (Å²) in [6.07, 6.45) is 0. The highest BCUT2D eigenvalue weighted by Gasteiger charge is 2.24. The third kappa shape index (κ3) is 5.06. The first-order valence-corrected chi connectivity index (χ1v) is 11.3. The molecule has 0 bridgehead atoms. The van der Waals surface area contributed by atoms with Crippen molar-refractivity contribution in [1.29, 1.82) is 0 Å². The van der Waals surface area contributed by atoms with Gasteiger partial charge in [0.05, 0.1) is 0 Å². The van der Waals surface area contributed by atoms with E-state index in [2.05, 4.69) is 20.2 Å². The maximum absolute atomic E-state index is 12.7. The summed E-state index contributed by atoms with van der Waals surface area (Å²) in [5.41, 5.74) is 4.43. The van der Waals surface area contributed by atoms with Crippen molar-refractivity contribution in [2.24, 2.45) is 0 Å². The van der Waals surface area contributed by atoms with Crippen LogP contribution in [-0.2, 0) is 10.0 Å². The van der Waals surface area contributed by atoms with Crippen LogP contribution in [0.5, 0.6) is 0 Å². The zero-order valence-corrected chi connectivity index (χ0v) is 18.2. The first-order chi connectivity index (χ1) is 13.7. The van der Waals surface area contributed by atoms with Crippen molar-refractivity contribution in [3.63, 3.8) is 0 Å². The zero-order valence-electron chi connectivity index (χ0n) is 16.6. The molecule has 0 radical (unpaired) electrons. The van der Waals surface area contributed by atoms with E-state index >= 15 is 0 Å². The first-order valence-electron chi connectivity index (χ1n) is 8.97. The van der Waals surface area contributed by atoms with Gasteiger partial charge in [-0.1, -0.05) is 52.8 Å². The minimum absolute atomic E-state index is 0.121. The number of aryl methyl sites for hydroxylation is 3. The lowest BCUT2D eigenvalue weighted by Crippen LogP contribution is -2.27. The normalized spacial score (nSPS) is 12.6. The molecule has 2 aromatic carbocycles. The lowest BCUT2D eigenvalue weighted by Gasteiger charge is -2.16. The van der Waals surface area contributed by atoms with Crippen molar-refractivity contribution >= 4 is 32.4 Å². The van der Waals surface area contributed by atoms with Crippen LogP contribution < -0.4 is 10.0 Å². The summed E-state index contributed by atoms with van der Waals surface area (Å²) < 4.78 is 27.8. The second-order valence-corrected chi connectivity index (χ2v) is 9.76. The molecule has 3 aromatic rings. The van der Waals surface area contributed by atoms with E-state index in [1.807, 2.05) is 51.1 Å². The van der Waals surface area contributed by atoms with Crippen LogP contribution in [0.25, 0.3) is 0 Å². The minimum atomic E-state index is -3.88. The van der Waals surface area contributed by atoms with Crippen molar-refractivity contribution in [2.45, 2.75) is 38.1 Å². The molecule has 0 aliphatic rings. The van der Waals surface area contributed by atoms with Crippen LogP contribution in [0.2, 0.25) is 0 Å². The molecule has 29 heavy (non-hydrogen) atoms. The van der Waals surface area contributed by atoms with Gasteiger partial charge in [0.1, 0.15) is 0 Å². The highest BCUT2D eigenvalue weighted by Crippen LogP contribution is 2.24. The van der Waals surface area contributed by atoms with Gasteiger partial charge < -0.3 is 0 Å². The summed E-state index contributed by atoms with van der Waals surface area (Å²) in [4.78, 5) is 12.3. The highest BCUT2D eigenvalue weighted by atomic mass is 32.2. The maximum Gasteiger partial charge on any atom is 0.270 e. The number of sulfonamides is 1.